The lowest BCUT2D eigenvalue weighted by atomic mass is 9.99. The van der Waals surface area contributed by atoms with Crippen molar-refractivity contribution in [2.75, 3.05) is 0 Å². The monoisotopic (exact) mass is 283 g/mol. The van der Waals surface area contributed by atoms with Gasteiger partial charge in [-0.3, -0.25) is 0 Å². The average Bonchev–Trinajstić information content (AvgIpc) is 2.53. The Morgan fingerprint density at radius 2 is 1.67 bits per heavy atom. The maximum absolute atomic E-state index is 5.94. The van der Waals surface area contributed by atoms with Gasteiger partial charge in [0.05, 0.1) is 12.2 Å². The van der Waals surface area contributed by atoms with E-state index in [2.05, 4.69) is 63.2 Å². The highest BCUT2D eigenvalue weighted by molar-refractivity contribution is 5.67. The molecule has 2 aromatic carbocycles. The van der Waals surface area contributed by atoms with E-state index in [1.165, 1.54) is 22.3 Å². The molecule has 2 rings (SSSR count). The van der Waals surface area contributed by atoms with Crippen LogP contribution in [0.1, 0.15) is 38.3 Å². The van der Waals surface area contributed by atoms with Gasteiger partial charge < -0.3 is 10.5 Å². The summed E-state index contributed by atoms with van der Waals surface area (Å²) in [4.78, 5) is 0. The third-order valence-electron chi connectivity index (χ3n) is 3.98. The molecule has 0 amide bonds. The van der Waals surface area contributed by atoms with E-state index in [-0.39, 0.29) is 5.60 Å². The minimum absolute atomic E-state index is 0.0647. The van der Waals surface area contributed by atoms with Gasteiger partial charge in [-0.05, 0) is 42.5 Å². The van der Waals surface area contributed by atoms with Crippen molar-refractivity contribution in [1.29, 1.82) is 0 Å². The van der Waals surface area contributed by atoms with Gasteiger partial charge in [0, 0.05) is 6.54 Å². The number of hydrogen-bond acceptors (Lipinski definition) is 2. The number of hydrogen-bond donors (Lipinski definition) is 1. The van der Waals surface area contributed by atoms with Gasteiger partial charge in [0.2, 0.25) is 0 Å². The SMILES string of the molecule is CCC(C)(C)OCc1ccc(-c2ccccc2CN)cc1. The summed E-state index contributed by atoms with van der Waals surface area (Å²) < 4.78 is 5.94. The lowest BCUT2D eigenvalue weighted by molar-refractivity contribution is -0.0316. The molecule has 0 saturated heterocycles. The van der Waals surface area contributed by atoms with Crippen LogP contribution >= 0.6 is 0 Å². The minimum Gasteiger partial charge on any atom is -0.371 e. The van der Waals surface area contributed by atoms with Crippen LogP contribution in [0, 0.1) is 0 Å². The van der Waals surface area contributed by atoms with E-state index in [0.717, 1.165) is 6.42 Å². The lowest BCUT2D eigenvalue weighted by Crippen LogP contribution is -2.22. The largest absolute Gasteiger partial charge is 0.371 e. The highest BCUT2D eigenvalue weighted by atomic mass is 16.5. The molecule has 0 aliphatic heterocycles. The first-order chi connectivity index (χ1) is 10.1. The molecular formula is C19H25NO. The van der Waals surface area contributed by atoms with Crippen molar-refractivity contribution in [3.63, 3.8) is 0 Å². The van der Waals surface area contributed by atoms with E-state index in [4.69, 9.17) is 10.5 Å². The third-order valence-corrected chi connectivity index (χ3v) is 3.98. The summed E-state index contributed by atoms with van der Waals surface area (Å²) in [5.41, 5.74) is 10.5. The second-order valence-corrected chi connectivity index (χ2v) is 5.96. The predicted molar refractivity (Wildman–Crippen MR) is 88.9 cm³/mol. The Bertz CT molecular complexity index is 572. The maximum Gasteiger partial charge on any atom is 0.0724 e. The van der Waals surface area contributed by atoms with Gasteiger partial charge in [-0.25, -0.2) is 0 Å². The summed E-state index contributed by atoms with van der Waals surface area (Å²) in [5.74, 6) is 0. The number of nitrogens with two attached hydrogens (primary N) is 1. The van der Waals surface area contributed by atoms with Crippen LogP contribution in [0.5, 0.6) is 0 Å². The van der Waals surface area contributed by atoms with Gasteiger partial charge in [0.1, 0.15) is 0 Å². The third kappa shape index (κ3) is 4.16. The van der Waals surface area contributed by atoms with Crippen LogP contribution in [-0.2, 0) is 17.9 Å². The Balaban J connectivity index is 2.12. The molecule has 0 saturated carbocycles. The molecule has 2 N–H and O–H groups in total. The molecule has 0 aromatic heterocycles. The van der Waals surface area contributed by atoms with Crippen LogP contribution in [0.4, 0.5) is 0 Å². The summed E-state index contributed by atoms with van der Waals surface area (Å²) >= 11 is 0. The first-order valence-electron chi connectivity index (χ1n) is 7.57. The summed E-state index contributed by atoms with van der Waals surface area (Å²) in [6, 6.07) is 16.8. The first kappa shape index (κ1) is 15.7. The number of ether oxygens (including phenoxy) is 1. The van der Waals surface area contributed by atoms with Crippen LogP contribution < -0.4 is 5.73 Å². The molecule has 0 atom stereocenters. The molecule has 0 bridgehead atoms. The Morgan fingerprint density at radius 1 is 1.00 bits per heavy atom. The fraction of sp³-hybridized carbons (Fsp3) is 0.368. The smallest absolute Gasteiger partial charge is 0.0724 e. The molecule has 0 spiro atoms. The summed E-state index contributed by atoms with van der Waals surface area (Å²) in [5, 5.41) is 0. The van der Waals surface area contributed by atoms with Gasteiger partial charge in [-0.15, -0.1) is 0 Å². The highest BCUT2D eigenvalue weighted by Crippen LogP contribution is 2.24. The van der Waals surface area contributed by atoms with Crippen molar-refractivity contribution in [3.8, 4) is 11.1 Å². The zero-order valence-electron chi connectivity index (χ0n) is 13.2. The van der Waals surface area contributed by atoms with E-state index < -0.39 is 0 Å². The molecule has 2 aromatic rings. The fourth-order valence-electron chi connectivity index (χ4n) is 2.14. The van der Waals surface area contributed by atoms with Crippen molar-refractivity contribution in [2.24, 2.45) is 5.73 Å². The van der Waals surface area contributed by atoms with Crippen LogP contribution in [-0.4, -0.2) is 5.60 Å². The average molecular weight is 283 g/mol. The van der Waals surface area contributed by atoms with E-state index in [0.29, 0.717) is 13.2 Å². The Morgan fingerprint density at radius 3 is 2.29 bits per heavy atom. The summed E-state index contributed by atoms with van der Waals surface area (Å²) in [6.07, 6.45) is 1.01. The minimum atomic E-state index is -0.0647. The fourth-order valence-corrected chi connectivity index (χ4v) is 2.14. The van der Waals surface area contributed by atoms with Crippen molar-refractivity contribution in [3.05, 3.63) is 59.7 Å². The van der Waals surface area contributed by atoms with Crippen molar-refractivity contribution < 1.29 is 4.74 Å². The van der Waals surface area contributed by atoms with Gasteiger partial charge >= 0.3 is 0 Å². The van der Waals surface area contributed by atoms with Crippen molar-refractivity contribution >= 4 is 0 Å². The number of benzene rings is 2. The second-order valence-electron chi connectivity index (χ2n) is 5.96. The van der Waals surface area contributed by atoms with Crippen molar-refractivity contribution in [1.82, 2.24) is 0 Å². The highest BCUT2D eigenvalue weighted by Gasteiger charge is 2.15. The molecule has 112 valence electrons. The second kappa shape index (κ2) is 6.88. The zero-order chi connectivity index (χ0) is 15.3. The molecule has 2 nitrogen and oxygen atoms in total. The molecule has 0 radical (unpaired) electrons. The Kier molecular flexibility index (Phi) is 5.16. The molecule has 21 heavy (non-hydrogen) atoms. The van der Waals surface area contributed by atoms with Crippen LogP contribution in [0.3, 0.4) is 0 Å². The maximum atomic E-state index is 5.94. The zero-order valence-corrected chi connectivity index (χ0v) is 13.2. The normalized spacial score (nSPS) is 11.6. The van der Waals surface area contributed by atoms with E-state index >= 15 is 0 Å². The summed E-state index contributed by atoms with van der Waals surface area (Å²) in [7, 11) is 0. The lowest BCUT2D eigenvalue weighted by Gasteiger charge is -2.23. The van der Waals surface area contributed by atoms with Gasteiger partial charge in [-0.2, -0.15) is 0 Å². The summed E-state index contributed by atoms with van der Waals surface area (Å²) in [6.45, 7) is 7.61. The van der Waals surface area contributed by atoms with E-state index in [1.807, 2.05) is 6.07 Å². The van der Waals surface area contributed by atoms with Gasteiger partial charge in [0.25, 0.3) is 0 Å². The molecule has 0 fully saturated rings. The molecule has 0 aliphatic rings. The standard InChI is InChI=1S/C19H25NO/c1-4-19(2,3)21-14-15-9-11-16(12-10-15)18-8-6-5-7-17(18)13-20/h5-12H,4,13-14,20H2,1-3H3. The molecular weight excluding hydrogens is 258 g/mol. The van der Waals surface area contributed by atoms with Crippen LogP contribution in [0.2, 0.25) is 0 Å². The van der Waals surface area contributed by atoms with Crippen LogP contribution in [0.15, 0.2) is 48.5 Å². The van der Waals surface area contributed by atoms with Gasteiger partial charge in [0.15, 0.2) is 0 Å². The van der Waals surface area contributed by atoms with Gasteiger partial charge in [-0.1, -0.05) is 55.5 Å². The molecule has 0 aliphatic carbocycles. The molecule has 0 unspecified atom stereocenters. The Hall–Kier alpha value is -1.64. The van der Waals surface area contributed by atoms with E-state index in [9.17, 15) is 0 Å². The van der Waals surface area contributed by atoms with Crippen molar-refractivity contribution in [2.45, 2.75) is 45.9 Å². The topological polar surface area (TPSA) is 35.2 Å². The molecule has 0 heterocycles. The molecule has 2 heteroatoms. The quantitative estimate of drug-likeness (QED) is 0.846. The Labute approximate surface area is 127 Å². The first-order valence-corrected chi connectivity index (χ1v) is 7.57. The van der Waals surface area contributed by atoms with E-state index in [1.54, 1.807) is 0 Å². The van der Waals surface area contributed by atoms with Crippen LogP contribution in [0.25, 0.3) is 11.1 Å². The predicted octanol–water partition coefficient (Wildman–Crippen LogP) is 4.52. The number of rotatable bonds is 6.